The molecule has 42 heavy (non-hydrogen) atoms. The Kier molecular flexibility index (Phi) is 10.2. The lowest BCUT2D eigenvalue weighted by atomic mass is 9.76. The molecule has 0 aliphatic heterocycles. The smallest absolute Gasteiger partial charge is 0.270 e. The number of rotatable bonds is 13. The fraction of sp³-hybridized carbons (Fsp3) is 0.389. The maximum atomic E-state index is 13.3. The minimum Gasteiger partial charge on any atom is -0.493 e. The zero-order valence-corrected chi connectivity index (χ0v) is 26.6. The van der Waals surface area contributed by atoms with Crippen molar-refractivity contribution < 1.29 is 9.53 Å². The Morgan fingerprint density at radius 2 is 1.57 bits per heavy atom. The molecule has 0 bridgehead atoms. The molecular formula is C36H44ClN3O2. The van der Waals surface area contributed by atoms with Crippen LogP contribution in [0.1, 0.15) is 88.8 Å². The van der Waals surface area contributed by atoms with Crippen LogP contribution in [-0.4, -0.2) is 28.8 Å². The Balaban J connectivity index is 1.39. The van der Waals surface area contributed by atoms with Gasteiger partial charge < -0.3 is 10.1 Å². The normalized spacial score (nSPS) is 11.9. The van der Waals surface area contributed by atoms with Gasteiger partial charge in [0.05, 0.1) is 23.0 Å². The van der Waals surface area contributed by atoms with E-state index in [2.05, 4.69) is 65.1 Å². The minimum absolute atomic E-state index is 0.0215. The van der Waals surface area contributed by atoms with Crippen LogP contribution in [0.4, 0.5) is 0 Å². The number of aromatic nitrogens is 2. The highest BCUT2D eigenvalue weighted by atomic mass is 35.5. The molecule has 1 amide bonds. The third kappa shape index (κ3) is 7.25. The number of carbonyl (C=O) groups is 1. The molecule has 222 valence electrons. The van der Waals surface area contributed by atoms with E-state index >= 15 is 0 Å². The van der Waals surface area contributed by atoms with Crippen LogP contribution in [0, 0.1) is 0 Å². The van der Waals surface area contributed by atoms with E-state index in [0.29, 0.717) is 29.6 Å². The predicted octanol–water partition coefficient (Wildman–Crippen LogP) is 9.16. The van der Waals surface area contributed by atoms with Crippen molar-refractivity contribution in [3.8, 4) is 22.7 Å². The SMILES string of the molecule is CCC(C)(C)c1ccc(OCCCCNC(=O)c2cc(-c3ccccc3Cl)nn2-c2ccccc2)c(C(C)(C)CC)c1. The molecule has 0 saturated heterocycles. The lowest BCUT2D eigenvalue weighted by Gasteiger charge is -2.30. The van der Waals surface area contributed by atoms with Gasteiger partial charge in [-0.3, -0.25) is 4.79 Å². The summed E-state index contributed by atoms with van der Waals surface area (Å²) in [6.07, 6.45) is 3.74. The van der Waals surface area contributed by atoms with Crippen LogP contribution in [0.25, 0.3) is 16.9 Å². The zero-order valence-electron chi connectivity index (χ0n) is 25.8. The van der Waals surface area contributed by atoms with Crippen LogP contribution >= 0.6 is 11.6 Å². The molecule has 3 aromatic carbocycles. The molecule has 0 atom stereocenters. The van der Waals surface area contributed by atoms with E-state index in [0.717, 1.165) is 42.7 Å². The van der Waals surface area contributed by atoms with Crippen LogP contribution < -0.4 is 10.1 Å². The van der Waals surface area contributed by atoms with Crippen molar-refractivity contribution in [3.05, 3.63) is 101 Å². The number of nitrogens with zero attached hydrogens (tertiary/aromatic N) is 2. The number of ether oxygens (including phenoxy) is 1. The highest BCUT2D eigenvalue weighted by molar-refractivity contribution is 6.33. The summed E-state index contributed by atoms with van der Waals surface area (Å²) in [5, 5.41) is 8.40. The molecule has 0 fully saturated rings. The summed E-state index contributed by atoms with van der Waals surface area (Å²) < 4.78 is 8.00. The molecule has 1 N–H and O–H groups in total. The third-order valence-corrected chi connectivity index (χ3v) is 8.79. The van der Waals surface area contributed by atoms with E-state index in [1.165, 1.54) is 11.1 Å². The van der Waals surface area contributed by atoms with E-state index in [1.54, 1.807) is 10.7 Å². The van der Waals surface area contributed by atoms with Crippen molar-refractivity contribution in [2.24, 2.45) is 0 Å². The molecule has 0 spiro atoms. The Labute approximate surface area is 256 Å². The van der Waals surface area contributed by atoms with Gasteiger partial charge in [-0.2, -0.15) is 5.10 Å². The zero-order chi connectivity index (χ0) is 30.3. The highest BCUT2D eigenvalue weighted by Gasteiger charge is 2.26. The summed E-state index contributed by atoms with van der Waals surface area (Å²) in [7, 11) is 0. The largest absolute Gasteiger partial charge is 0.493 e. The number of hydrogen-bond acceptors (Lipinski definition) is 3. The summed E-state index contributed by atoms with van der Waals surface area (Å²) in [5.74, 6) is 0.784. The summed E-state index contributed by atoms with van der Waals surface area (Å²) >= 11 is 6.44. The van der Waals surface area contributed by atoms with E-state index in [-0.39, 0.29) is 16.7 Å². The fourth-order valence-electron chi connectivity index (χ4n) is 4.81. The second-order valence-electron chi connectivity index (χ2n) is 12.1. The molecule has 4 aromatic rings. The van der Waals surface area contributed by atoms with Crippen LogP contribution in [0.15, 0.2) is 78.9 Å². The summed E-state index contributed by atoms with van der Waals surface area (Å²) in [6, 6.07) is 25.7. The fourth-order valence-corrected chi connectivity index (χ4v) is 5.04. The molecule has 0 saturated carbocycles. The summed E-state index contributed by atoms with van der Waals surface area (Å²) in [4.78, 5) is 13.3. The lowest BCUT2D eigenvalue weighted by Crippen LogP contribution is -2.27. The Bertz CT molecular complexity index is 1490. The van der Waals surface area contributed by atoms with E-state index in [4.69, 9.17) is 21.4 Å². The number of carbonyl (C=O) groups excluding carboxylic acids is 1. The number of unbranched alkanes of at least 4 members (excludes halogenated alkanes) is 1. The van der Waals surface area contributed by atoms with Crippen molar-refractivity contribution in [2.75, 3.05) is 13.2 Å². The van der Waals surface area contributed by atoms with Crippen molar-refractivity contribution >= 4 is 17.5 Å². The highest BCUT2D eigenvalue weighted by Crippen LogP contribution is 2.38. The minimum atomic E-state index is -0.174. The molecular weight excluding hydrogens is 542 g/mol. The maximum absolute atomic E-state index is 13.3. The first-order valence-corrected chi connectivity index (χ1v) is 15.4. The Morgan fingerprint density at radius 1 is 0.881 bits per heavy atom. The second-order valence-corrected chi connectivity index (χ2v) is 12.5. The summed E-state index contributed by atoms with van der Waals surface area (Å²) in [5.41, 5.74) is 5.49. The van der Waals surface area contributed by atoms with Gasteiger partial charge in [0.25, 0.3) is 5.91 Å². The molecule has 0 radical (unpaired) electrons. The monoisotopic (exact) mass is 585 g/mol. The standard InChI is InChI=1S/C36H44ClN3O2/c1-7-35(3,4)26-20-21-33(29(24-26)36(5,6)8-2)42-23-15-14-22-38-34(41)32-25-31(28-18-12-13-19-30(28)37)39-40(32)27-16-10-9-11-17-27/h9-13,16-21,24-25H,7-8,14-15,22-23H2,1-6H3,(H,38,41). The molecule has 1 heterocycles. The molecule has 1 aromatic heterocycles. The van der Waals surface area contributed by atoms with Gasteiger partial charge in [-0.15, -0.1) is 0 Å². The van der Waals surface area contributed by atoms with Gasteiger partial charge in [-0.1, -0.05) is 102 Å². The van der Waals surface area contributed by atoms with Crippen molar-refractivity contribution in [1.82, 2.24) is 15.1 Å². The van der Waals surface area contributed by atoms with Crippen LogP contribution in [-0.2, 0) is 10.8 Å². The van der Waals surface area contributed by atoms with Gasteiger partial charge in [0.2, 0.25) is 0 Å². The number of para-hydroxylation sites is 1. The van der Waals surface area contributed by atoms with Crippen molar-refractivity contribution in [3.63, 3.8) is 0 Å². The number of hydrogen-bond donors (Lipinski definition) is 1. The van der Waals surface area contributed by atoms with Crippen LogP contribution in [0.2, 0.25) is 5.02 Å². The number of amides is 1. The van der Waals surface area contributed by atoms with Gasteiger partial charge >= 0.3 is 0 Å². The van der Waals surface area contributed by atoms with Gasteiger partial charge in [-0.25, -0.2) is 4.68 Å². The molecule has 6 heteroatoms. The third-order valence-electron chi connectivity index (χ3n) is 8.46. The quantitative estimate of drug-likeness (QED) is 0.159. The predicted molar refractivity (Wildman–Crippen MR) is 174 cm³/mol. The van der Waals surface area contributed by atoms with Crippen molar-refractivity contribution in [2.45, 2.75) is 78.1 Å². The Morgan fingerprint density at radius 3 is 2.26 bits per heavy atom. The van der Waals surface area contributed by atoms with Gasteiger partial charge in [0.15, 0.2) is 0 Å². The summed E-state index contributed by atoms with van der Waals surface area (Å²) in [6.45, 7) is 14.8. The average molecular weight is 586 g/mol. The molecule has 4 rings (SSSR count). The maximum Gasteiger partial charge on any atom is 0.270 e. The molecule has 0 aliphatic carbocycles. The van der Waals surface area contributed by atoms with Crippen LogP contribution in [0.3, 0.4) is 0 Å². The van der Waals surface area contributed by atoms with E-state index in [9.17, 15) is 4.79 Å². The Hall–Kier alpha value is -3.57. The van der Waals surface area contributed by atoms with Crippen molar-refractivity contribution in [1.29, 1.82) is 0 Å². The van der Waals surface area contributed by atoms with Crippen LogP contribution in [0.5, 0.6) is 5.75 Å². The van der Waals surface area contributed by atoms with E-state index < -0.39 is 0 Å². The lowest BCUT2D eigenvalue weighted by molar-refractivity contribution is 0.0944. The second kappa shape index (κ2) is 13.6. The van der Waals surface area contributed by atoms with Gasteiger partial charge in [-0.05, 0) is 72.4 Å². The molecule has 0 unspecified atom stereocenters. The van der Waals surface area contributed by atoms with Gasteiger partial charge in [0.1, 0.15) is 11.4 Å². The topological polar surface area (TPSA) is 56.1 Å². The van der Waals surface area contributed by atoms with E-state index in [1.807, 2.05) is 54.6 Å². The average Bonchev–Trinajstić information content (AvgIpc) is 3.45. The van der Waals surface area contributed by atoms with Gasteiger partial charge in [0, 0.05) is 17.7 Å². The molecule has 5 nitrogen and oxygen atoms in total. The number of benzene rings is 3. The molecule has 0 aliphatic rings. The first-order chi connectivity index (χ1) is 20.1. The number of nitrogens with one attached hydrogen (secondary N) is 1. The number of halogens is 1. The first-order valence-electron chi connectivity index (χ1n) is 15.0. The first kappa shape index (κ1) is 31.4.